The number of nitrogens with one attached hydrogen (secondary N) is 3. The molecule has 1 unspecified atom stereocenters. The first kappa shape index (κ1) is 26.9. The average Bonchev–Trinajstić information content (AvgIpc) is 3.45. The van der Waals surface area contributed by atoms with Crippen LogP contribution in [0.3, 0.4) is 0 Å². The second-order valence-electron chi connectivity index (χ2n) is 9.57. The molecule has 2 aromatic carbocycles. The third-order valence-electron chi connectivity index (χ3n) is 6.83. The molecule has 0 aliphatic carbocycles. The number of carbonyl (C=O) groups excluding carboxylic acids is 1. The second-order valence-corrected chi connectivity index (χ2v) is 11.6. The number of carbonyl (C=O) groups is 1. The normalized spacial score (nSPS) is 15.9. The molecule has 0 radical (unpaired) electrons. The Bertz CT molecular complexity index is 1260. The molecule has 198 valence electrons. The van der Waals surface area contributed by atoms with Crippen molar-refractivity contribution in [3.63, 3.8) is 0 Å². The Morgan fingerprint density at radius 3 is 2.46 bits per heavy atom. The topological polar surface area (TPSA) is 133 Å². The van der Waals surface area contributed by atoms with Crippen molar-refractivity contribution in [2.45, 2.75) is 56.9 Å². The summed E-state index contributed by atoms with van der Waals surface area (Å²) in [5, 5.41) is 16.6. The minimum atomic E-state index is -3.58. The van der Waals surface area contributed by atoms with Gasteiger partial charge in [-0.2, -0.15) is 0 Å². The predicted octanol–water partition coefficient (Wildman–Crippen LogP) is 2.72. The Morgan fingerprint density at radius 1 is 1.11 bits per heavy atom. The van der Waals surface area contributed by atoms with Crippen LogP contribution in [-0.2, 0) is 21.4 Å². The number of hydrogen-bond acceptors (Lipinski definition) is 7. The number of aromatic amines is 1. The molecule has 10 nitrogen and oxygen atoms in total. The number of hydrogen-bond donors (Lipinski definition) is 3. The van der Waals surface area contributed by atoms with Crippen LogP contribution in [-0.4, -0.2) is 71.3 Å². The largest absolute Gasteiger partial charge is 0.351 e. The van der Waals surface area contributed by atoms with Gasteiger partial charge in [-0.3, -0.25) is 4.79 Å². The number of unbranched alkanes of at least 4 members (excludes halogenated alkanes) is 1. The predicted molar refractivity (Wildman–Crippen MR) is 143 cm³/mol. The van der Waals surface area contributed by atoms with Gasteiger partial charge >= 0.3 is 0 Å². The molecule has 3 N–H and O–H groups in total. The van der Waals surface area contributed by atoms with Crippen molar-refractivity contribution in [3.05, 3.63) is 54.1 Å². The third-order valence-corrected chi connectivity index (χ3v) is 8.80. The Labute approximate surface area is 218 Å². The highest BCUT2D eigenvalue weighted by molar-refractivity contribution is 7.90. The highest BCUT2D eigenvalue weighted by Crippen LogP contribution is 2.29. The SMILES string of the molecule is CCCCC(NS(=O)(=O)C1CCN(C)CC1)C(=O)NCc1ccc(-c2ccccc2-c2nnn[nH]2)cc1. The third kappa shape index (κ3) is 7.00. The van der Waals surface area contributed by atoms with Gasteiger partial charge in [-0.05, 0) is 66.5 Å². The molecule has 1 saturated heterocycles. The van der Waals surface area contributed by atoms with E-state index in [0.717, 1.165) is 48.2 Å². The lowest BCUT2D eigenvalue weighted by atomic mass is 9.98. The summed E-state index contributed by atoms with van der Waals surface area (Å²) in [6, 6.07) is 15.0. The molecule has 3 aromatic rings. The van der Waals surface area contributed by atoms with E-state index in [1.54, 1.807) is 0 Å². The molecular weight excluding hydrogens is 490 g/mol. The summed E-state index contributed by atoms with van der Waals surface area (Å²) >= 11 is 0. The maximum atomic E-state index is 13.0. The summed E-state index contributed by atoms with van der Waals surface area (Å²) in [5.41, 5.74) is 3.79. The monoisotopic (exact) mass is 525 g/mol. The number of amides is 1. The summed E-state index contributed by atoms with van der Waals surface area (Å²) in [6.07, 6.45) is 3.28. The molecule has 0 saturated carbocycles. The first-order valence-electron chi connectivity index (χ1n) is 12.8. The van der Waals surface area contributed by atoms with E-state index in [9.17, 15) is 13.2 Å². The summed E-state index contributed by atoms with van der Waals surface area (Å²) in [6.45, 7) is 3.82. The van der Waals surface area contributed by atoms with Gasteiger partial charge in [0.2, 0.25) is 15.9 Å². The lowest BCUT2D eigenvalue weighted by Gasteiger charge is -2.30. The smallest absolute Gasteiger partial charge is 0.238 e. The van der Waals surface area contributed by atoms with E-state index in [2.05, 4.69) is 35.6 Å². The first-order chi connectivity index (χ1) is 17.9. The van der Waals surface area contributed by atoms with Crippen LogP contribution >= 0.6 is 0 Å². The standard InChI is InChI=1S/C26H35N7O3S/c1-3-4-9-24(30-37(35,36)21-14-16-33(2)17-15-21)26(34)27-18-19-10-12-20(13-11-19)22-7-5-6-8-23(22)25-28-31-32-29-25/h5-8,10-13,21,24,30H,3-4,9,14-18H2,1-2H3,(H,27,34)(H,28,29,31,32). The molecule has 1 fully saturated rings. The number of likely N-dealkylation sites (tertiary alicyclic amines) is 1. The van der Waals surface area contributed by atoms with Crippen LogP contribution in [0.25, 0.3) is 22.5 Å². The van der Waals surface area contributed by atoms with Crippen molar-refractivity contribution in [1.29, 1.82) is 0 Å². The van der Waals surface area contributed by atoms with Gasteiger partial charge in [-0.1, -0.05) is 68.3 Å². The van der Waals surface area contributed by atoms with E-state index in [4.69, 9.17) is 0 Å². The van der Waals surface area contributed by atoms with Gasteiger partial charge in [0.05, 0.1) is 5.25 Å². The molecule has 1 aliphatic rings. The quantitative estimate of drug-likeness (QED) is 0.351. The van der Waals surface area contributed by atoms with Gasteiger partial charge in [-0.25, -0.2) is 18.2 Å². The Hall–Kier alpha value is -3.15. The molecular formula is C26H35N7O3S. The van der Waals surface area contributed by atoms with Gasteiger partial charge in [-0.15, -0.1) is 5.10 Å². The lowest BCUT2D eigenvalue weighted by molar-refractivity contribution is -0.123. The number of tetrazole rings is 1. The van der Waals surface area contributed by atoms with E-state index in [0.29, 0.717) is 31.6 Å². The highest BCUT2D eigenvalue weighted by atomic mass is 32.2. The Kier molecular flexibility index (Phi) is 9.01. The lowest BCUT2D eigenvalue weighted by Crippen LogP contribution is -2.50. The number of benzene rings is 2. The van der Waals surface area contributed by atoms with Gasteiger partial charge in [0.25, 0.3) is 0 Å². The average molecular weight is 526 g/mol. The molecule has 0 spiro atoms. The summed E-state index contributed by atoms with van der Waals surface area (Å²) < 4.78 is 28.7. The van der Waals surface area contributed by atoms with Gasteiger partial charge in [0, 0.05) is 12.1 Å². The summed E-state index contributed by atoms with van der Waals surface area (Å²) in [7, 11) is -1.58. The molecule has 0 bridgehead atoms. The fourth-order valence-electron chi connectivity index (χ4n) is 4.57. The maximum absolute atomic E-state index is 13.0. The van der Waals surface area contributed by atoms with Crippen LogP contribution in [0.5, 0.6) is 0 Å². The van der Waals surface area contributed by atoms with Crippen LogP contribution in [0.2, 0.25) is 0 Å². The van der Waals surface area contributed by atoms with Crippen molar-refractivity contribution < 1.29 is 13.2 Å². The van der Waals surface area contributed by atoms with E-state index in [1.165, 1.54) is 0 Å². The van der Waals surface area contributed by atoms with Gasteiger partial charge in [0.1, 0.15) is 6.04 Å². The van der Waals surface area contributed by atoms with Crippen molar-refractivity contribution in [2.24, 2.45) is 0 Å². The molecule has 1 amide bonds. The molecule has 1 atom stereocenters. The second kappa shape index (κ2) is 12.4. The number of sulfonamides is 1. The first-order valence-corrected chi connectivity index (χ1v) is 14.3. The summed E-state index contributed by atoms with van der Waals surface area (Å²) in [4.78, 5) is 15.2. The molecule has 4 rings (SSSR count). The fraction of sp³-hybridized carbons (Fsp3) is 0.462. The molecule has 37 heavy (non-hydrogen) atoms. The van der Waals surface area contributed by atoms with Crippen molar-refractivity contribution in [1.82, 2.24) is 35.6 Å². The molecule has 11 heteroatoms. The van der Waals surface area contributed by atoms with Crippen LogP contribution in [0.4, 0.5) is 0 Å². The van der Waals surface area contributed by atoms with Crippen LogP contribution < -0.4 is 10.0 Å². The van der Waals surface area contributed by atoms with Crippen LogP contribution in [0.15, 0.2) is 48.5 Å². The van der Waals surface area contributed by atoms with Crippen molar-refractivity contribution in [3.8, 4) is 22.5 Å². The van der Waals surface area contributed by atoms with Crippen LogP contribution in [0.1, 0.15) is 44.6 Å². The number of rotatable bonds is 11. The minimum absolute atomic E-state index is 0.294. The number of H-pyrrole nitrogens is 1. The van der Waals surface area contributed by atoms with Gasteiger partial charge < -0.3 is 10.2 Å². The number of piperidine rings is 1. The fourth-order valence-corrected chi connectivity index (χ4v) is 6.22. The zero-order valence-corrected chi connectivity index (χ0v) is 22.2. The van der Waals surface area contributed by atoms with E-state index < -0.39 is 21.3 Å². The molecule has 1 aromatic heterocycles. The maximum Gasteiger partial charge on any atom is 0.238 e. The Balaban J connectivity index is 1.39. The zero-order chi connectivity index (χ0) is 26.3. The van der Waals surface area contributed by atoms with Gasteiger partial charge in [0.15, 0.2) is 5.82 Å². The zero-order valence-electron chi connectivity index (χ0n) is 21.4. The van der Waals surface area contributed by atoms with E-state index in [1.807, 2.05) is 62.5 Å². The van der Waals surface area contributed by atoms with E-state index in [-0.39, 0.29) is 5.91 Å². The van der Waals surface area contributed by atoms with Crippen molar-refractivity contribution in [2.75, 3.05) is 20.1 Å². The van der Waals surface area contributed by atoms with E-state index >= 15 is 0 Å². The number of aromatic nitrogens is 4. The molecule has 1 aliphatic heterocycles. The Morgan fingerprint density at radius 2 is 1.81 bits per heavy atom. The summed E-state index contributed by atoms with van der Waals surface area (Å²) in [5.74, 6) is 0.296. The van der Waals surface area contributed by atoms with Crippen molar-refractivity contribution >= 4 is 15.9 Å². The number of nitrogens with zero attached hydrogens (tertiary/aromatic N) is 4. The minimum Gasteiger partial charge on any atom is -0.351 e. The highest BCUT2D eigenvalue weighted by Gasteiger charge is 2.32. The molecule has 2 heterocycles. The van der Waals surface area contributed by atoms with Crippen LogP contribution in [0, 0.1) is 0 Å².